The maximum atomic E-state index is 10.3. The van der Waals surface area contributed by atoms with E-state index in [1.165, 1.54) is 6.42 Å². The lowest BCUT2D eigenvalue weighted by Gasteiger charge is -2.09. The first-order chi connectivity index (χ1) is 23.8. The fraction of sp³-hybridized carbons (Fsp3) is 0.969. The molecular weight excluding hydrogens is 660 g/mol. The molecule has 0 bridgehead atoms. The van der Waals surface area contributed by atoms with Crippen molar-refractivity contribution in [3.8, 4) is 0 Å². The number of carboxylic acid groups (broad SMARTS) is 1. The molecule has 0 radical (unpaired) electrons. The smallest absolute Gasteiger partial charge is 0.329 e. The Hall–Kier alpha value is -0.760. The van der Waals surface area contributed by atoms with Gasteiger partial charge in [-0.2, -0.15) is 0 Å². The molecule has 0 spiro atoms. The minimum absolute atomic E-state index is 0.240. The van der Waals surface area contributed by atoms with Crippen LogP contribution in [-0.4, -0.2) is 189 Å². The highest BCUT2D eigenvalue weighted by Crippen LogP contribution is 2.01. The molecule has 0 fully saturated rings. The third-order valence-corrected chi connectivity index (χ3v) is 6.13. The quantitative estimate of drug-likeness (QED) is 0.0720. The van der Waals surface area contributed by atoms with Gasteiger partial charge in [0.15, 0.2) is 0 Å². The lowest BCUT2D eigenvalue weighted by atomic mass is 10.2. The average Bonchev–Trinajstić information content (AvgIpc) is 3.08. The van der Waals surface area contributed by atoms with Crippen LogP contribution in [0.25, 0.3) is 0 Å². The Bertz CT molecular complexity index is 610. The van der Waals surface area contributed by atoms with E-state index in [1.807, 2.05) is 0 Å². The van der Waals surface area contributed by atoms with Crippen LogP contribution in [0.3, 0.4) is 0 Å². The summed E-state index contributed by atoms with van der Waals surface area (Å²) in [4.78, 5) is 10.3. The lowest BCUT2D eigenvalue weighted by Crippen LogP contribution is -2.15. The molecule has 288 valence electrons. The number of halogens is 1. The fourth-order valence-corrected chi connectivity index (χ4v) is 3.64. The number of hydrogen-bond donors (Lipinski definition) is 1. The Morgan fingerprint density at radius 1 is 0.312 bits per heavy atom. The maximum absolute atomic E-state index is 10.3. The number of hydrogen-bond acceptors (Lipinski definition) is 14. The summed E-state index contributed by atoms with van der Waals surface area (Å²) in [6, 6.07) is 0. The molecule has 0 aromatic carbocycles. The van der Waals surface area contributed by atoms with Crippen LogP contribution in [0.15, 0.2) is 0 Å². The molecule has 0 heterocycles. The zero-order valence-corrected chi connectivity index (χ0v) is 29.7. The number of aliphatic carboxylic acids is 1. The Labute approximate surface area is 292 Å². The van der Waals surface area contributed by atoms with Crippen LogP contribution in [0.4, 0.5) is 0 Å². The summed E-state index contributed by atoms with van der Waals surface area (Å²) in [6.45, 7) is 12.0. The molecule has 0 unspecified atom stereocenters. The molecule has 0 aliphatic heterocycles. The van der Waals surface area contributed by atoms with Gasteiger partial charge in [0.2, 0.25) is 0 Å². The normalized spacial score (nSPS) is 11.5. The van der Waals surface area contributed by atoms with Gasteiger partial charge in [0.1, 0.15) is 6.61 Å². The van der Waals surface area contributed by atoms with E-state index < -0.39 is 5.97 Å². The predicted molar refractivity (Wildman–Crippen MR) is 177 cm³/mol. The zero-order valence-electron chi connectivity index (χ0n) is 29.0. The number of alkyl halides is 1. The number of unbranched alkanes of at least 4 members (excludes halogenated alkanes) is 3. The molecular formula is C32H63ClO15. The number of carboxylic acids is 1. The number of carbonyl (C=O) groups is 1. The van der Waals surface area contributed by atoms with Crippen molar-refractivity contribution in [3.63, 3.8) is 0 Å². The van der Waals surface area contributed by atoms with E-state index >= 15 is 0 Å². The second-order valence-electron chi connectivity index (χ2n) is 9.90. The highest BCUT2D eigenvalue weighted by molar-refractivity contribution is 6.17. The second-order valence-corrected chi connectivity index (χ2v) is 10.3. The van der Waals surface area contributed by atoms with Crippen molar-refractivity contribution in [3.05, 3.63) is 0 Å². The van der Waals surface area contributed by atoms with Crippen molar-refractivity contribution in [2.75, 3.05) is 178 Å². The molecule has 48 heavy (non-hydrogen) atoms. The van der Waals surface area contributed by atoms with E-state index in [0.29, 0.717) is 152 Å². The van der Waals surface area contributed by atoms with Gasteiger partial charge in [0.25, 0.3) is 0 Å². The van der Waals surface area contributed by atoms with E-state index in [9.17, 15) is 4.79 Å². The van der Waals surface area contributed by atoms with Crippen LogP contribution in [0.5, 0.6) is 0 Å². The maximum Gasteiger partial charge on any atom is 0.329 e. The highest BCUT2D eigenvalue weighted by atomic mass is 35.5. The Morgan fingerprint density at radius 3 is 0.750 bits per heavy atom. The van der Waals surface area contributed by atoms with Gasteiger partial charge < -0.3 is 66.7 Å². The molecule has 0 saturated heterocycles. The molecule has 0 aliphatic carbocycles. The van der Waals surface area contributed by atoms with Gasteiger partial charge in [-0.05, 0) is 12.8 Å². The number of rotatable bonds is 44. The SMILES string of the molecule is O=C(O)COCCOCCOCCOCCOCCOCCOCCOCCOCCOCCOCCOCCOCCCCCCCl. The number of ether oxygens (including phenoxy) is 13. The van der Waals surface area contributed by atoms with Gasteiger partial charge in [-0.3, -0.25) is 0 Å². The first-order valence-electron chi connectivity index (χ1n) is 17.1. The monoisotopic (exact) mass is 722 g/mol. The van der Waals surface area contributed by atoms with Crippen molar-refractivity contribution >= 4 is 17.6 Å². The molecule has 0 amide bonds. The molecule has 0 rings (SSSR count). The second kappa shape index (κ2) is 44.3. The van der Waals surface area contributed by atoms with Crippen molar-refractivity contribution < 1.29 is 71.5 Å². The molecule has 0 saturated carbocycles. The van der Waals surface area contributed by atoms with Crippen LogP contribution in [-0.2, 0) is 66.4 Å². The standard InChI is InChI=1S/C32H63ClO15/c33-5-3-1-2-4-6-36-7-8-37-9-10-38-11-12-39-13-14-40-15-16-41-17-18-42-19-20-43-21-22-44-23-24-45-25-26-46-27-28-47-29-30-48-31-32(34)35/h1-31H2,(H,34,35). The van der Waals surface area contributed by atoms with E-state index in [2.05, 4.69) is 0 Å². The lowest BCUT2D eigenvalue weighted by molar-refractivity contribution is -0.142. The topological polar surface area (TPSA) is 157 Å². The van der Waals surface area contributed by atoms with Crippen LogP contribution >= 0.6 is 11.6 Å². The fourth-order valence-electron chi connectivity index (χ4n) is 3.45. The Kier molecular flexibility index (Phi) is 43.6. The van der Waals surface area contributed by atoms with E-state index in [4.69, 9.17) is 78.3 Å². The van der Waals surface area contributed by atoms with Crippen molar-refractivity contribution in [2.45, 2.75) is 25.7 Å². The van der Waals surface area contributed by atoms with Crippen molar-refractivity contribution in [1.82, 2.24) is 0 Å². The zero-order chi connectivity index (χ0) is 34.7. The Balaban J connectivity index is 3.04. The van der Waals surface area contributed by atoms with Gasteiger partial charge in [-0.1, -0.05) is 12.8 Å². The third kappa shape index (κ3) is 45.2. The van der Waals surface area contributed by atoms with Gasteiger partial charge in [0.05, 0.1) is 159 Å². The summed E-state index contributed by atoms with van der Waals surface area (Å²) in [5, 5.41) is 8.43. The van der Waals surface area contributed by atoms with Gasteiger partial charge in [-0.15, -0.1) is 11.6 Å². The molecule has 0 aromatic heterocycles. The molecule has 0 aliphatic rings. The summed E-state index contributed by atoms with van der Waals surface area (Å²) in [7, 11) is 0. The van der Waals surface area contributed by atoms with Crippen molar-refractivity contribution in [2.24, 2.45) is 0 Å². The summed E-state index contributed by atoms with van der Waals surface area (Å²) in [6.07, 6.45) is 4.48. The minimum atomic E-state index is -0.996. The van der Waals surface area contributed by atoms with E-state index in [0.717, 1.165) is 31.7 Å². The predicted octanol–water partition coefficient (Wildman–Crippen LogP) is 2.09. The third-order valence-electron chi connectivity index (χ3n) is 5.86. The van der Waals surface area contributed by atoms with Crippen molar-refractivity contribution in [1.29, 1.82) is 0 Å². The highest BCUT2D eigenvalue weighted by Gasteiger charge is 1.98. The first kappa shape index (κ1) is 47.2. The largest absolute Gasteiger partial charge is 0.480 e. The van der Waals surface area contributed by atoms with Crippen LogP contribution in [0, 0.1) is 0 Å². The Morgan fingerprint density at radius 2 is 0.521 bits per heavy atom. The summed E-state index contributed by atoms with van der Waals surface area (Å²) >= 11 is 5.65. The summed E-state index contributed by atoms with van der Waals surface area (Å²) in [5.74, 6) is -0.257. The first-order valence-corrected chi connectivity index (χ1v) is 17.6. The van der Waals surface area contributed by atoms with Crippen LogP contribution in [0.2, 0.25) is 0 Å². The summed E-state index contributed by atoms with van der Waals surface area (Å²) < 4.78 is 70.2. The molecule has 0 atom stereocenters. The molecule has 0 aromatic rings. The minimum Gasteiger partial charge on any atom is -0.480 e. The van der Waals surface area contributed by atoms with E-state index in [1.54, 1.807) is 0 Å². The average molecular weight is 723 g/mol. The van der Waals surface area contributed by atoms with Gasteiger partial charge in [0, 0.05) is 12.5 Å². The van der Waals surface area contributed by atoms with E-state index in [-0.39, 0.29) is 13.2 Å². The van der Waals surface area contributed by atoms with Crippen LogP contribution in [0.1, 0.15) is 25.7 Å². The van der Waals surface area contributed by atoms with Gasteiger partial charge >= 0.3 is 5.97 Å². The molecule has 15 nitrogen and oxygen atoms in total. The molecule has 1 N–H and O–H groups in total. The van der Waals surface area contributed by atoms with Crippen LogP contribution < -0.4 is 0 Å². The molecule has 16 heteroatoms. The summed E-state index contributed by atoms with van der Waals surface area (Å²) in [5.41, 5.74) is 0. The van der Waals surface area contributed by atoms with Gasteiger partial charge in [-0.25, -0.2) is 4.79 Å².